The smallest absolute Gasteiger partial charge is 0.412 e. The Morgan fingerprint density at radius 1 is 1.50 bits per heavy atom. The van der Waals surface area contributed by atoms with Crippen LogP contribution in [0.25, 0.3) is 0 Å². The number of aryl methyl sites for hydroxylation is 1. The molecule has 1 aromatic rings. The summed E-state index contributed by atoms with van der Waals surface area (Å²) in [6.45, 7) is 5.44. The summed E-state index contributed by atoms with van der Waals surface area (Å²) in [7, 11) is 1.67. The minimum absolute atomic E-state index is 0.158. The van der Waals surface area contributed by atoms with Crippen molar-refractivity contribution in [1.29, 1.82) is 0 Å². The number of nitrogens with zero attached hydrogens (tertiary/aromatic N) is 3. The van der Waals surface area contributed by atoms with Gasteiger partial charge in [-0.05, 0) is 26.3 Å². The first-order valence-corrected chi connectivity index (χ1v) is 7.22. The fraction of sp³-hybridized carbons (Fsp3) is 0.643. The maximum Gasteiger partial charge on any atom is 0.412 e. The van der Waals surface area contributed by atoms with Crippen LogP contribution in [0.5, 0.6) is 0 Å². The molecule has 0 bridgehead atoms. The lowest BCUT2D eigenvalue weighted by molar-refractivity contribution is -0.136. The van der Waals surface area contributed by atoms with Crippen LogP contribution in [-0.4, -0.2) is 56.2 Å². The van der Waals surface area contributed by atoms with Crippen molar-refractivity contribution in [3.8, 4) is 0 Å². The number of nitrogens with one attached hydrogen (secondary N) is 1. The maximum atomic E-state index is 12.0. The van der Waals surface area contributed by atoms with Gasteiger partial charge in [0, 0.05) is 26.3 Å². The molecular formula is C14H22N4O4. The van der Waals surface area contributed by atoms with Crippen LogP contribution in [0.1, 0.15) is 37.7 Å². The number of aliphatic hydroxyl groups is 1. The van der Waals surface area contributed by atoms with E-state index in [-0.39, 0.29) is 19.0 Å². The second kappa shape index (κ2) is 5.60. The zero-order valence-corrected chi connectivity index (χ0v) is 13.3. The largest absolute Gasteiger partial charge is 0.438 e. The van der Waals surface area contributed by atoms with E-state index in [1.54, 1.807) is 27.0 Å². The highest BCUT2D eigenvalue weighted by Gasteiger charge is 2.58. The van der Waals surface area contributed by atoms with E-state index < -0.39 is 17.4 Å². The highest BCUT2D eigenvalue weighted by Crippen LogP contribution is 2.39. The van der Waals surface area contributed by atoms with Gasteiger partial charge in [0.25, 0.3) is 5.91 Å². The van der Waals surface area contributed by atoms with Crippen LogP contribution in [0.2, 0.25) is 0 Å². The maximum absolute atomic E-state index is 12.0. The molecule has 8 nitrogen and oxygen atoms in total. The standard InChI is InChI=1S/C14H22N4O4/c1-5-13(2)14(3,21)18(12(20)22-13)9-8-15-11(19)10-6-7-16-17(10)4/h6-7,21H,5,8-9H2,1-4H3,(H,15,19)/t13-,14+/m0/s1. The Bertz CT molecular complexity index is 583. The van der Waals surface area contributed by atoms with Crippen LogP contribution in [0.15, 0.2) is 12.3 Å². The molecule has 2 heterocycles. The molecule has 1 aromatic heterocycles. The molecule has 0 saturated carbocycles. The average molecular weight is 310 g/mol. The Morgan fingerprint density at radius 2 is 2.18 bits per heavy atom. The van der Waals surface area contributed by atoms with Crippen LogP contribution in [0.4, 0.5) is 4.79 Å². The van der Waals surface area contributed by atoms with Crippen LogP contribution in [0, 0.1) is 0 Å². The second-order valence-electron chi connectivity index (χ2n) is 5.72. The van der Waals surface area contributed by atoms with Gasteiger partial charge < -0.3 is 15.2 Å². The molecule has 1 fully saturated rings. The van der Waals surface area contributed by atoms with Gasteiger partial charge in [0.05, 0.1) is 0 Å². The molecule has 0 spiro atoms. The molecule has 8 heteroatoms. The lowest BCUT2D eigenvalue weighted by atomic mass is 9.91. The van der Waals surface area contributed by atoms with Crippen molar-refractivity contribution >= 4 is 12.0 Å². The van der Waals surface area contributed by atoms with Crippen molar-refractivity contribution in [2.24, 2.45) is 7.05 Å². The summed E-state index contributed by atoms with van der Waals surface area (Å²) in [5.74, 6) is -0.287. The molecule has 1 aliphatic heterocycles. The number of hydrogen-bond donors (Lipinski definition) is 2. The van der Waals surface area contributed by atoms with E-state index in [0.717, 1.165) is 0 Å². The predicted octanol–water partition coefficient (Wildman–Crippen LogP) is 0.479. The molecule has 2 atom stereocenters. The van der Waals surface area contributed by atoms with Crippen molar-refractivity contribution in [3.63, 3.8) is 0 Å². The Balaban J connectivity index is 1.96. The van der Waals surface area contributed by atoms with Gasteiger partial charge in [0.1, 0.15) is 5.69 Å². The number of rotatable bonds is 5. The number of ether oxygens (including phenoxy) is 1. The van der Waals surface area contributed by atoms with E-state index in [2.05, 4.69) is 10.4 Å². The Kier molecular flexibility index (Phi) is 4.15. The minimum Gasteiger partial charge on any atom is -0.438 e. The van der Waals surface area contributed by atoms with Crippen molar-refractivity contribution in [2.45, 2.75) is 38.5 Å². The summed E-state index contributed by atoms with van der Waals surface area (Å²) in [5.41, 5.74) is -1.96. The third kappa shape index (κ3) is 2.54. The fourth-order valence-corrected chi connectivity index (χ4v) is 2.49. The zero-order valence-electron chi connectivity index (χ0n) is 13.3. The molecule has 2 rings (SSSR count). The summed E-state index contributed by atoms with van der Waals surface area (Å²) < 4.78 is 6.75. The van der Waals surface area contributed by atoms with Gasteiger partial charge in [-0.15, -0.1) is 0 Å². The molecule has 0 unspecified atom stereocenters. The normalized spacial score (nSPS) is 27.9. The molecule has 2 amide bonds. The minimum atomic E-state index is -1.42. The highest BCUT2D eigenvalue weighted by molar-refractivity contribution is 5.92. The number of cyclic esters (lactones) is 1. The van der Waals surface area contributed by atoms with Gasteiger partial charge in [-0.2, -0.15) is 5.10 Å². The second-order valence-corrected chi connectivity index (χ2v) is 5.72. The molecule has 1 aliphatic rings. The van der Waals surface area contributed by atoms with E-state index in [0.29, 0.717) is 12.1 Å². The third-order valence-corrected chi connectivity index (χ3v) is 4.41. The molecule has 0 radical (unpaired) electrons. The van der Waals surface area contributed by atoms with Crippen LogP contribution in [0.3, 0.4) is 0 Å². The molecular weight excluding hydrogens is 288 g/mol. The molecule has 2 N–H and O–H groups in total. The topological polar surface area (TPSA) is 96.7 Å². The number of aromatic nitrogens is 2. The molecule has 1 saturated heterocycles. The van der Waals surface area contributed by atoms with Crippen molar-refractivity contribution < 1.29 is 19.4 Å². The molecule has 22 heavy (non-hydrogen) atoms. The van der Waals surface area contributed by atoms with Crippen molar-refractivity contribution in [3.05, 3.63) is 18.0 Å². The summed E-state index contributed by atoms with van der Waals surface area (Å²) >= 11 is 0. The number of hydrogen-bond acceptors (Lipinski definition) is 5. The average Bonchev–Trinajstić information content (AvgIpc) is 2.94. The van der Waals surface area contributed by atoms with Crippen LogP contribution >= 0.6 is 0 Å². The van der Waals surface area contributed by atoms with Crippen LogP contribution in [-0.2, 0) is 11.8 Å². The van der Waals surface area contributed by atoms with Gasteiger partial charge >= 0.3 is 6.09 Å². The molecule has 122 valence electrons. The van der Waals surface area contributed by atoms with Gasteiger partial charge in [0.2, 0.25) is 0 Å². The van der Waals surface area contributed by atoms with Crippen molar-refractivity contribution in [2.75, 3.05) is 13.1 Å². The van der Waals surface area contributed by atoms with E-state index in [1.807, 2.05) is 6.92 Å². The van der Waals surface area contributed by atoms with E-state index in [1.165, 1.54) is 15.8 Å². The zero-order chi connectivity index (χ0) is 16.5. The highest BCUT2D eigenvalue weighted by atomic mass is 16.6. The van der Waals surface area contributed by atoms with E-state index >= 15 is 0 Å². The third-order valence-electron chi connectivity index (χ3n) is 4.41. The lowest BCUT2D eigenvalue weighted by Crippen LogP contribution is -2.56. The summed E-state index contributed by atoms with van der Waals surface area (Å²) in [5, 5.41) is 17.2. The SMILES string of the molecule is CC[C@]1(C)OC(=O)N(CCNC(=O)c2ccnn2C)[C@]1(C)O. The molecule has 0 aliphatic carbocycles. The quantitative estimate of drug-likeness (QED) is 0.824. The van der Waals surface area contributed by atoms with Gasteiger partial charge in [0.15, 0.2) is 11.3 Å². The Labute approximate surface area is 129 Å². The summed E-state index contributed by atoms with van der Waals surface area (Å²) in [4.78, 5) is 25.1. The van der Waals surface area contributed by atoms with Crippen LogP contribution < -0.4 is 5.32 Å². The molecule has 0 aromatic carbocycles. The fourth-order valence-electron chi connectivity index (χ4n) is 2.49. The van der Waals surface area contributed by atoms with Gasteiger partial charge in [-0.1, -0.05) is 6.92 Å². The first-order valence-electron chi connectivity index (χ1n) is 7.22. The van der Waals surface area contributed by atoms with Gasteiger partial charge in [-0.3, -0.25) is 14.4 Å². The van der Waals surface area contributed by atoms with E-state index in [4.69, 9.17) is 4.74 Å². The number of carbonyl (C=O) groups excluding carboxylic acids is 2. The first kappa shape index (κ1) is 16.3. The lowest BCUT2D eigenvalue weighted by Gasteiger charge is -2.36. The summed E-state index contributed by atoms with van der Waals surface area (Å²) in [6.07, 6.45) is 1.44. The predicted molar refractivity (Wildman–Crippen MR) is 78.0 cm³/mol. The number of amides is 2. The Hall–Kier alpha value is -2.09. The monoisotopic (exact) mass is 310 g/mol. The first-order chi connectivity index (χ1) is 10.2. The van der Waals surface area contributed by atoms with E-state index in [9.17, 15) is 14.7 Å². The Morgan fingerprint density at radius 3 is 2.68 bits per heavy atom. The van der Waals surface area contributed by atoms with Crippen molar-refractivity contribution in [1.82, 2.24) is 20.0 Å². The number of carbonyl (C=O) groups is 2. The summed E-state index contributed by atoms with van der Waals surface area (Å²) in [6, 6.07) is 1.60. The van der Waals surface area contributed by atoms with Gasteiger partial charge in [-0.25, -0.2) is 4.79 Å².